The second-order valence-corrected chi connectivity index (χ2v) is 3.96. The van der Waals surface area contributed by atoms with E-state index in [0.29, 0.717) is 12.1 Å². The number of anilines is 1. The molecule has 1 atom stereocenters. The average molecular weight is 292 g/mol. The van der Waals surface area contributed by atoms with Gasteiger partial charge in [-0.15, -0.1) is 13.2 Å². The van der Waals surface area contributed by atoms with Gasteiger partial charge in [-0.2, -0.15) is 0 Å². The van der Waals surface area contributed by atoms with Crippen molar-refractivity contribution in [3.05, 3.63) is 24.3 Å². The largest absolute Gasteiger partial charge is 0.573 e. The highest BCUT2D eigenvalue weighted by atomic mass is 19.4. The van der Waals surface area contributed by atoms with Crippen molar-refractivity contribution in [2.75, 3.05) is 11.9 Å². The molecule has 20 heavy (non-hydrogen) atoms. The highest BCUT2D eigenvalue weighted by Gasteiger charge is 2.30. The quantitative estimate of drug-likeness (QED) is 0.781. The van der Waals surface area contributed by atoms with Gasteiger partial charge in [-0.25, -0.2) is 4.79 Å². The highest BCUT2D eigenvalue weighted by molar-refractivity contribution is 5.89. The third-order valence-corrected chi connectivity index (χ3v) is 2.39. The number of nitrogens with one attached hydrogen (secondary N) is 2. The number of aliphatic hydroxyl groups is 1. The molecule has 2 amide bonds. The lowest BCUT2D eigenvalue weighted by Crippen LogP contribution is -2.39. The molecule has 0 saturated heterocycles. The first kappa shape index (κ1) is 16.1. The van der Waals surface area contributed by atoms with E-state index in [1.165, 1.54) is 12.1 Å². The van der Waals surface area contributed by atoms with Crippen molar-refractivity contribution in [3.8, 4) is 5.75 Å². The fraction of sp³-hybridized carbons (Fsp3) is 0.417. The molecule has 1 rings (SSSR count). The summed E-state index contributed by atoms with van der Waals surface area (Å²) in [5.41, 5.74) is 0.310. The minimum atomic E-state index is -4.75. The van der Waals surface area contributed by atoms with E-state index in [9.17, 15) is 18.0 Å². The van der Waals surface area contributed by atoms with Crippen molar-refractivity contribution in [1.82, 2.24) is 5.32 Å². The Bertz CT molecular complexity index is 431. The van der Waals surface area contributed by atoms with E-state index in [1.54, 1.807) is 6.92 Å². The summed E-state index contributed by atoms with van der Waals surface area (Å²) in [6.45, 7) is 1.60. The number of urea groups is 1. The van der Waals surface area contributed by atoms with Crippen molar-refractivity contribution in [2.45, 2.75) is 25.7 Å². The topological polar surface area (TPSA) is 70.6 Å². The number of aliphatic hydroxyl groups excluding tert-OH is 1. The molecule has 0 aliphatic rings. The normalized spacial score (nSPS) is 12.7. The number of hydrogen-bond acceptors (Lipinski definition) is 3. The number of amides is 2. The van der Waals surface area contributed by atoms with Crippen LogP contribution in [0.15, 0.2) is 24.3 Å². The maximum Gasteiger partial charge on any atom is 0.573 e. The zero-order valence-electron chi connectivity index (χ0n) is 10.7. The molecule has 0 aliphatic carbocycles. The first-order valence-corrected chi connectivity index (χ1v) is 5.88. The Labute approximate surface area is 113 Å². The molecule has 3 N–H and O–H groups in total. The number of benzene rings is 1. The summed E-state index contributed by atoms with van der Waals surface area (Å²) in [5.74, 6) is -0.370. The SMILES string of the molecule is CCC(CO)NC(=O)Nc1ccc(OC(F)(F)F)cc1. The van der Waals surface area contributed by atoms with Gasteiger partial charge in [0.05, 0.1) is 12.6 Å². The van der Waals surface area contributed by atoms with Crippen LogP contribution in [0.5, 0.6) is 5.75 Å². The van der Waals surface area contributed by atoms with Gasteiger partial charge in [0.15, 0.2) is 0 Å². The van der Waals surface area contributed by atoms with Gasteiger partial charge >= 0.3 is 12.4 Å². The van der Waals surface area contributed by atoms with Crippen LogP contribution in [0.1, 0.15) is 13.3 Å². The lowest BCUT2D eigenvalue weighted by Gasteiger charge is -2.15. The summed E-state index contributed by atoms with van der Waals surface area (Å²) in [7, 11) is 0. The molecule has 0 spiro atoms. The zero-order valence-corrected chi connectivity index (χ0v) is 10.7. The summed E-state index contributed by atoms with van der Waals surface area (Å²) in [4.78, 5) is 11.5. The van der Waals surface area contributed by atoms with E-state index in [-0.39, 0.29) is 18.4 Å². The molecule has 0 saturated carbocycles. The Kier molecular flexibility index (Phi) is 5.63. The van der Waals surface area contributed by atoms with Gasteiger partial charge in [-0.1, -0.05) is 6.92 Å². The highest BCUT2D eigenvalue weighted by Crippen LogP contribution is 2.23. The van der Waals surface area contributed by atoms with Crippen LogP contribution in [0.2, 0.25) is 0 Å². The summed E-state index contributed by atoms with van der Waals surface area (Å²) in [6.07, 6.45) is -4.19. The van der Waals surface area contributed by atoms with Crippen LogP contribution in [-0.2, 0) is 0 Å². The van der Waals surface area contributed by atoms with E-state index < -0.39 is 12.4 Å². The number of rotatable bonds is 5. The molecule has 5 nitrogen and oxygen atoms in total. The van der Waals surface area contributed by atoms with E-state index in [1.807, 2.05) is 0 Å². The molecule has 0 aliphatic heterocycles. The fourth-order valence-corrected chi connectivity index (χ4v) is 1.37. The Morgan fingerprint density at radius 1 is 1.35 bits per heavy atom. The van der Waals surface area contributed by atoms with Crippen LogP contribution in [0, 0.1) is 0 Å². The maximum absolute atomic E-state index is 11.9. The van der Waals surface area contributed by atoms with Crippen molar-refractivity contribution < 1.29 is 27.8 Å². The lowest BCUT2D eigenvalue weighted by molar-refractivity contribution is -0.274. The fourth-order valence-electron chi connectivity index (χ4n) is 1.37. The van der Waals surface area contributed by atoms with Crippen molar-refractivity contribution in [1.29, 1.82) is 0 Å². The Balaban J connectivity index is 2.55. The molecule has 1 aromatic rings. The van der Waals surface area contributed by atoms with E-state index in [2.05, 4.69) is 15.4 Å². The van der Waals surface area contributed by atoms with Gasteiger partial charge in [0.2, 0.25) is 0 Å². The summed E-state index contributed by atoms with van der Waals surface area (Å²) in [5, 5.41) is 13.9. The maximum atomic E-state index is 11.9. The van der Waals surface area contributed by atoms with Crippen LogP contribution in [0.4, 0.5) is 23.7 Å². The number of carbonyl (C=O) groups is 1. The Morgan fingerprint density at radius 3 is 2.40 bits per heavy atom. The van der Waals surface area contributed by atoms with E-state index in [4.69, 9.17) is 5.11 Å². The van der Waals surface area contributed by atoms with Gasteiger partial charge in [0.1, 0.15) is 5.75 Å². The molecule has 0 bridgehead atoms. The predicted molar refractivity (Wildman–Crippen MR) is 66.4 cm³/mol. The van der Waals surface area contributed by atoms with Crippen molar-refractivity contribution >= 4 is 11.7 Å². The van der Waals surface area contributed by atoms with Crippen LogP contribution in [0.25, 0.3) is 0 Å². The minimum absolute atomic E-state index is 0.192. The minimum Gasteiger partial charge on any atom is -0.406 e. The van der Waals surface area contributed by atoms with Gasteiger partial charge in [0.25, 0.3) is 0 Å². The van der Waals surface area contributed by atoms with Gasteiger partial charge in [0, 0.05) is 5.69 Å². The first-order chi connectivity index (χ1) is 9.34. The Hall–Kier alpha value is -1.96. The molecule has 1 unspecified atom stereocenters. The van der Waals surface area contributed by atoms with Gasteiger partial charge in [-0.05, 0) is 30.7 Å². The average Bonchev–Trinajstić information content (AvgIpc) is 2.36. The Morgan fingerprint density at radius 2 is 1.95 bits per heavy atom. The molecule has 0 aromatic heterocycles. The molecular formula is C12H15F3N2O3. The second-order valence-electron chi connectivity index (χ2n) is 3.96. The van der Waals surface area contributed by atoms with Crippen molar-refractivity contribution in [2.24, 2.45) is 0 Å². The monoisotopic (exact) mass is 292 g/mol. The second kappa shape index (κ2) is 6.99. The summed E-state index contributed by atoms with van der Waals surface area (Å²) in [6, 6.07) is 3.82. The number of alkyl halides is 3. The van der Waals surface area contributed by atoms with Crippen LogP contribution in [-0.4, -0.2) is 30.1 Å². The summed E-state index contributed by atoms with van der Waals surface area (Å²) < 4.78 is 39.5. The third kappa shape index (κ3) is 5.79. The zero-order chi connectivity index (χ0) is 15.2. The summed E-state index contributed by atoms with van der Waals surface area (Å²) >= 11 is 0. The molecule has 112 valence electrons. The van der Waals surface area contributed by atoms with Gasteiger partial charge < -0.3 is 20.5 Å². The first-order valence-electron chi connectivity index (χ1n) is 5.88. The molecule has 0 heterocycles. The lowest BCUT2D eigenvalue weighted by atomic mass is 10.2. The third-order valence-electron chi connectivity index (χ3n) is 2.39. The molecular weight excluding hydrogens is 277 g/mol. The van der Waals surface area contributed by atoms with E-state index in [0.717, 1.165) is 12.1 Å². The van der Waals surface area contributed by atoms with Crippen LogP contribution < -0.4 is 15.4 Å². The van der Waals surface area contributed by atoms with Crippen LogP contribution >= 0.6 is 0 Å². The number of carbonyl (C=O) groups excluding carboxylic acids is 1. The molecule has 8 heteroatoms. The molecule has 1 aromatic carbocycles. The number of hydrogen-bond donors (Lipinski definition) is 3. The number of halogens is 3. The van der Waals surface area contributed by atoms with Gasteiger partial charge in [-0.3, -0.25) is 0 Å². The van der Waals surface area contributed by atoms with Crippen LogP contribution in [0.3, 0.4) is 0 Å². The van der Waals surface area contributed by atoms with Crippen molar-refractivity contribution in [3.63, 3.8) is 0 Å². The standard InChI is InChI=1S/C12H15F3N2O3/c1-2-8(7-18)16-11(19)17-9-3-5-10(6-4-9)20-12(13,14)15/h3-6,8,18H,2,7H2,1H3,(H2,16,17,19). The molecule has 0 fully saturated rings. The smallest absolute Gasteiger partial charge is 0.406 e. The predicted octanol–water partition coefficient (Wildman–Crippen LogP) is 2.48. The molecule has 0 radical (unpaired) electrons. The number of ether oxygens (including phenoxy) is 1. The van der Waals surface area contributed by atoms with E-state index >= 15 is 0 Å².